The van der Waals surface area contributed by atoms with Crippen molar-refractivity contribution in [2.75, 3.05) is 6.61 Å². The summed E-state index contributed by atoms with van der Waals surface area (Å²) in [5.41, 5.74) is 0.829. The molecule has 2 N–H and O–H groups in total. The largest absolute Gasteiger partial charge is 0.396 e. The number of hydrogen-bond acceptors (Lipinski definition) is 3. The highest BCUT2D eigenvalue weighted by Crippen LogP contribution is 2.16. The summed E-state index contributed by atoms with van der Waals surface area (Å²) in [4.78, 5) is 0. The van der Waals surface area contributed by atoms with E-state index in [0.717, 1.165) is 12.1 Å². The van der Waals surface area contributed by atoms with Crippen molar-refractivity contribution in [1.29, 1.82) is 0 Å². The number of hydrogen-bond donors (Lipinski definition) is 2. The SMILES string of the molecule is CCn1cc(C(O)CCCO)cn1. The predicted octanol–water partition coefficient (Wildman–Crippen LogP) is 0.709. The molecule has 0 bridgehead atoms. The Morgan fingerprint density at radius 3 is 2.92 bits per heavy atom. The minimum Gasteiger partial charge on any atom is -0.396 e. The Hall–Kier alpha value is -0.870. The second kappa shape index (κ2) is 4.99. The summed E-state index contributed by atoms with van der Waals surface area (Å²) in [6.07, 6.45) is 4.23. The Kier molecular flexibility index (Phi) is 3.92. The number of nitrogens with zero attached hydrogens (tertiary/aromatic N) is 2. The summed E-state index contributed by atoms with van der Waals surface area (Å²) < 4.78 is 1.78. The van der Waals surface area contributed by atoms with Crippen LogP contribution in [0.25, 0.3) is 0 Å². The van der Waals surface area contributed by atoms with Gasteiger partial charge in [0.15, 0.2) is 0 Å². The molecule has 1 atom stereocenters. The molecule has 1 rings (SSSR count). The number of aromatic nitrogens is 2. The van der Waals surface area contributed by atoms with Gasteiger partial charge in [-0.3, -0.25) is 4.68 Å². The van der Waals surface area contributed by atoms with Gasteiger partial charge in [-0.15, -0.1) is 0 Å². The van der Waals surface area contributed by atoms with E-state index < -0.39 is 6.10 Å². The van der Waals surface area contributed by atoms with E-state index in [9.17, 15) is 5.11 Å². The number of rotatable bonds is 5. The van der Waals surface area contributed by atoms with Crippen LogP contribution in [-0.2, 0) is 6.54 Å². The average Bonchev–Trinajstić information content (AvgIpc) is 2.62. The molecule has 4 heteroatoms. The first-order valence-electron chi connectivity index (χ1n) is 4.59. The van der Waals surface area contributed by atoms with Gasteiger partial charge in [0.05, 0.1) is 12.3 Å². The summed E-state index contributed by atoms with van der Waals surface area (Å²) in [5, 5.41) is 22.2. The summed E-state index contributed by atoms with van der Waals surface area (Å²) in [5.74, 6) is 0. The highest BCUT2D eigenvalue weighted by molar-refractivity contribution is 5.07. The van der Waals surface area contributed by atoms with E-state index in [2.05, 4.69) is 5.10 Å². The smallest absolute Gasteiger partial charge is 0.0821 e. The summed E-state index contributed by atoms with van der Waals surface area (Å²) in [7, 11) is 0. The van der Waals surface area contributed by atoms with Crippen molar-refractivity contribution in [1.82, 2.24) is 9.78 Å². The van der Waals surface area contributed by atoms with Crippen molar-refractivity contribution in [3.05, 3.63) is 18.0 Å². The van der Waals surface area contributed by atoms with Gasteiger partial charge in [0.2, 0.25) is 0 Å². The van der Waals surface area contributed by atoms with Gasteiger partial charge in [0.1, 0.15) is 0 Å². The van der Waals surface area contributed by atoms with Crippen molar-refractivity contribution >= 4 is 0 Å². The summed E-state index contributed by atoms with van der Waals surface area (Å²) >= 11 is 0. The van der Waals surface area contributed by atoms with Gasteiger partial charge in [-0.1, -0.05) is 0 Å². The van der Waals surface area contributed by atoms with Crippen molar-refractivity contribution in [3.63, 3.8) is 0 Å². The molecule has 1 aromatic heterocycles. The van der Waals surface area contributed by atoms with Crippen molar-refractivity contribution in [3.8, 4) is 0 Å². The zero-order valence-electron chi connectivity index (χ0n) is 7.85. The number of aliphatic hydroxyl groups is 2. The van der Waals surface area contributed by atoms with E-state index in [0.29, 0.717) is 12.8 Å². The molecule has 0 aliphatic heterocycles. The Bertz CT molecular complexity index is 248. The van der Waals surface area contributed by atoms with Crippen LogP contribution in [0.2, 0.25) is 0 Å². The van der Waals surface area contributed by atoms with Crippen LogP contribution in [0.15, 0.2) is 12.4 Å². The Labute approximate surface area is 77.8 Å². The monoisotopic (exact) mass is 184 g/mol. The standard InChI is InChI=1S/C9H16N2O2/c1-2-11-7-8(6-10-11)9(13)4-3-5-12/h6-7,9,12-13H,2-5H2,1H3. The lowest BCUT2D eigenvalue weighted by Crippen LogP contribution is -1.98. The van der Waals surface area contributed by atoms with Gasteiger partial charge in [-0.05, 0) is 19.8 Å². The van der Waals surface area contributed by atoms with E-state index in [1.165, 1.54) is 0 Å². The minimum atomic E-state index is -0.493. The van der Waals surface area contributed by atoms with Crippen LogP contribution in [0, 0.1) is 0 Å². The minimum absolute atomic E-state index is 0.124. The first kappa shape index (κ1) is 10.2. The molecule has 0 amide bonds. The van der Waals surface area contributed by atoms with Gasteiger partial charge in [0, 0.05) is 24.9 Å². The van der Waals surface area contributed by atoms with Crippen LogP contribution in [0.3, 0.4) is 0 Å². The molecular weight excluding hydrogens is 168 g/mol. The molecule has 13 heavy (non-hydrogen) atoms. The van der Waals surface area contributed by atoms with E-state index in [1.54, 1.807) is 10.9 Å². The van der Waals surface area contributed by atoms with Gasteiger partial charge >= 0.3 is 0 Å². The third kappa shape index (κ3) is 2.82. The average molecular weight is 184 g/mol. The molecule has 0 aromatic carbocycles. The highest BCUT2D eigenvalue weighted by Gasteiger charge is 2.08. The normalized spacial score (nSPS) is 13.2. The van der Waals surface area contributed by atoms with Crippen LogP contribution in [-0.4, -0.2) is 26.6 Å². The highest BCUT2D eigenvalue weighted by atomic mass is 16.3. The molecule has 1 unspecified atom stereocenters. The fourth-order valence-corrected chi connectivity index (χ4v) is 1.18. The third-order valence-electron chi connectivity index (χ3n) is 2.00. The Balaban J connectivity index is 2.50. The summed E-state index contributed by atoms with van der Waals surface area (Å²) in [6, 6.07) is 0. The fraction of sp³-hybridized carbons (Fsp3) is 0.667. The third-order valence-corrected chi connectivity index (χ3v) is 2.00. The number of aryl methyl sites for hydroxylation is 1. The van der Waals surface area contributed by atoms with Crippen LogP contribution in [0.5, 0.6) is 0 Å². The van der Waals surface area contributed by atoms with Crippen LogP contribution in [0.4, 0.5) is 0 Å². The van der Waals surface area contributed by atoms with Crippen LogP contribution in [0.1, 0.15) is 31.4 Å². The maximum atomic E-state index is 9.60. The first-order valence-corrected chi connectivity index (χ1v) is 4.59. The molecule has 0 saturated heterocycles. The molecular formula is C9H16N2O2. The van der Waals surface area contributed by atoms with E-state index in [-0.39, 0.29) is 6.61 Å². The lowest BCUT2D eigenvalue weighted by atomic mass is 10.1. The van der Waals surface area contributed by atoms with Gasteiger partial charge < -0.3 is 10.2 Å². The lowest BCUT2D eigenvalue weighted by Gasteiger charge is -2.05. The fourth-order valence-electron chi connectivity index (χ4n) is 1.18. The van der Waals surface area contributed by atoms with Gasteiger partial charge in [-0.2, -0.15) is 5.10 Å². The second-order valence-corrected chi connectivity index (χ2v) is 3.01. The van der Waals surface area contributed by atoms with E-state index in [4.69, 9.17) is 5.11 Å². The van der Waals surface area contributed by atoms with Crippen LogP contribution >= 0.6 is 0 Å². The first-order chi connectivity index (χ1) is 6.27. The number of aliphatic hydroxyl groups excluding tert-OH is 2. The molecule has 74 valence electrons. The molecule has 0 spiro atoms. The molecule has 4 nitrogen and oxygen atoms in total. The van der Waals surface area contributed by atoms with Crippen LogP contribution < -0.4 is 0 Å². The Morgan fingerprint density at radius 1 is 1.62 bits per heavy atom. The predicted molar refractivity (Wildman–Crippen MR) is 49.2 cm³/mol. The molecule has 0 fully saturated rings. The maximum Gasteiger partial charge on any atom is 0.0821 e. The van der Waals surface area contributed by atoms with Gasteiger partial charge in [0.25, 0.3) is 0 Å². The maximum absolute atomic E-state index is 9.60. The van der Waals surface area contributed by atoms with Crippen molar-refractivity contribution in [2.45, 2.75) is 32.4 Å². The molecule has 0 radical (unpaired) electrons. The van der Waals surface area contributed by atoms with E-state index in [1.807, 2.05) is 13.1 Å². The molecule has 1 aromatic rings. The van der Waals surface area contributed by atoms with Crippen molar-refractivity contribution in [2.24, 2.45) is 0 Å². The molecule has 0 aliphatic rings. The van der Waals surface area contributed by atoms with Crippen molar-refractivity contribution < 1.29 is 10.2 Å². The zero-order valence-corrected chi connectivity index (χ0v) is 7.85. The molecule has 1 heterocycles. The molecule has 0 saturated carbocycles. The lowest BCUT2D eigenvalue weighted by molar-refractivity contribution is 0.151. The zero-order chi connectivity index (χ0) is 9.68. The second-order valence-electron chi connectivity index (χ2n) is 3.01. The quantitative estimate of drug-likeness (QED) is 0.708. The van der Waals surface area contributed by atoms with E-state index >= 15 is 0 Å². The molecule has 0 aliphatic carbocycles. The topological polar surface area (TPSA) is 58.3 Å². The summed E-state index contributed by atoms with van der Waals surface area (Å²) in [6.45, 7) is 2.93. The van der Waals surface area contributed by atoms with Gasteiger partial charge in [-0.25, -0.2) is 0 Å². The Morgan fingerprint density at radius 2 is 2.38 bits per heavy atom.